The maximum Gasteiger partial charge on any atom is 0.284 e. The first-order valence-electron chi connectivity index (χ1n) is 9.30. The first-order chi connectivity index (χ1) is 15.1. The molecule has 3 aromatic carbocycles. The van der Waals surface area contributed by atoms with Crippen LogP contribution < -0.4 is 10.2 Å². The predicted octanol–water partition coefficient (Wildman–Crippen LogP) is 4.78. The van der Waals surface area contributed by atoms with Gasteiger partial charge in [0, 0.05) is 5.56 Å². The van der Waals surface area contributed by atoms with Gasteiger partial charge in [0.25, 0.3) is 11.6 Å². The second-order valence-electron chi connectivity index (χ2n) is 6.57. The highest BCUT2D eigenvalue weighted by molar-refractivity contribution is 6.07. The zero-order valence-electron chi connectivity index (χ0n) is 16.4. The summed E-state index contributed by atoms with van der Waals surface area (Å²) in [5.41, 5.74) is 3.16. The van der Waals surface area contributed by atoms with Gasteiger partial charge in [-0.3, -0.25) is 14.9 Å². The van der Waals surface area contributed by atoms with Crippen LogP contribution in [0.1, 0.15) is 16.1 Å². The Morgan fingerprint density at radius 3 is 2.71 bits per heavy atom. The Kier molecular flexibility index (Phi) is 5.44. The van der Waals surface area contributed by atoms with E-state index in [0.717, 1.165) is 10.8 Å². The van der Waals surface area contributed by atoms with Crippen molar-refractivity contribution in [3.63, 3.8) is 0 Å². The molecule has 1 aromatic heterocycles. The molecule has 1 amide bonds. The van der Waals surface area contributed by atoms with Gasteiger partial charge >= 0.3 is 0 Å². The van der Waals surface area contributed by atoms with Gasteiger partial charge in [0.05, 0.1) is 29.9 Å². The number of nitro benzene ring substituents is 1. The van der Waals surface area contributed by atoms with Gasteiger partial charge in [-0.05, 0) is 41.1 Å². The molecule has 4 aromatic rings. The lowest BCUT2D eigenvalue weighted by Gasteiger charge is -2.04. The van der Waals surface area contributed by atoms with Gasteiger partial charge < -0.3 is 9.15 Å². The number of benzene rings is 3. The van der Waals surface area contributed by atoms with Crippen LogP contribution in [0.25, 0.3) is 22.1 Å². The first kappa shape index (κ1) is 19.8. The van der Waals surface area contributed by atoms with Crippen LogP contribution in [0, 0.1) is 10.1 Å². The molecule has 154 valence electrons. The minimum absolute atomic E-state index is 0.138. The van der Waals surface area contributed by atoms with Crippen LogP contribution in [0.4, 0.5) is 5.69 Å². The molecule has 0 bridgehead atoms. The summed E-state index contributed by atoms with van der Waals surface area (Å²) in [5.74, 6) is 0.653. The number of hydrazone groups is 1. The number of amides is 1. The number of nitrogens with zero attached hydrogens (tertiary/aromatic N) is 2. The third kappa shape index (κ3) is 4.13. The van der Waals surface area contributed by atoms with Gasteiger partial charge in [0.1, 0.15) is 17.3 Å². The van der Waals surface area contributed by atoms with Crippen molar-refractivity contribution in [1.82, 2.24) is 5.43 Å². The van der Waals surface area contributed by atoms with E-state index in [1.54, 1.807) is 30.3 Å². The number of hydrogen-bond acceptors (Lipinski definition) is 6. The second kappa shape index (κ2) is 8.50. The minimum Gasteiger partial charge on any atom is -0.497 e. The smallest absolute Gasteiger partial charge is 0.284 e. The number of carbonyl (C=O) groups is 1. The summed E-state index contributed by atoms with van der Waals surface area (Å²) < 4.78 is 10.7. The van der Waals surface area contributed by atoms with E-state index in [2.05, 4.69) is 10.5 Å². The van der Waals surface area contributed by atoms with Crippen molar-refractivity contribution in [2.45, 2.75) is 0 Å². The van der Waals surface area contributed by atoms with E-state index < -0.39 is 4.92 Å². The molecule has 0 aliphatic carbocycles. The Balaban J connectivity index is 1.52. The Hall–Kier alpha value is -4.46. The summed E-state index contributed by atoms with van der Waals surface area (Å²) in [4.78, 5) is 23.4. The van der Waals surface area contributed by atoms with E-state index >= 15 is 0 Å². The normalized spacial score (nSPS) is 11.0. The fourth-order valence-electron chi connectivity index (χ4n) is 3.20. The van der Waals surface area contributed by atoms with E-state index in [1.165, 1.54) is 19.4 Å². The van der Waals surface area contributed by atoms with Gasteiger partial charge in [-0.15, -0.1) is 0 Å². The van der Waals surface area contributed by atoms with Crippen molar-refractivity contribution in [2.75, 3.05) is 7.11 Å². The molecule has 0 saturated carbocycles. The maximum atomic E-state index is 12.5. The summed E-state index contributed by atoms with van der Waals surface area (Å²) in [6, 6.07) is 20.7. The van der Waals surface area contributed by atoms with Crippen LogP contribution in [0.2, 0.25) is 0 Å². The standard InChI is InChI=1S/C23H17N3O5/c1-30-16-9-11-20(21(13-16)26(28)29)22-12-10-17(31-22)14-24-25-23(27)19-8-4-6-15-5-2-3-7-18(15)19/h2-14H,1H3,(H,25,27)/b24-14-. The van der Waals surface area contributed by atoms with Crippen molar-refractivity contribution >= 4 is 28.6 Å². The van der Waals surface area contributed by atoms with Crippen molar-refractivity contribution in [1.29, 1.82) is 0 Å². The van der Waals surface area contributed by atoms with Crippen molar-refractivity contribution in [3.05, 3.63) is 94.2 Å². The van der Waals surface area contributed by atoms with Gasteiger partial charge in [-0.2, -0.15) is 5.10 Å². The molecule has 0 aliphatic heterocycles. The Bertz CT molecular complexity index is 1300. The van der Waals surface area contributed by atoms with Crippen LogP contribution in [-0.2, 0) is 0 Å². The molecular formula is C23H17N3O5. The number of rotatable bonds is 6. The van der Waals surface area contributed by atoms with Crippen LogP contribution in [0.15, 0.2) is 82.3 Å². The number of methoxy groups -OCH3 is 1. The highest BCUT2D eigenvalue weighted by atomic mass is 16.6. The number of fused-ring (bicyclic) bond motifs is 1. The SMILES string of the molecule is COc1ccc(-c2ccc(/C=N\NC(=O)c3cccc4ccccc34)o2)c([N+](=O)[O-])c1. The average molecular weight is 415 g/mol. The van der Waals surface area contributed by atoms with Crippen LogP contribution >= 0.6 is 0 Å². The largest absolute Gasteiger partial charge is 0.497 e. The quantitative estimate of drug-likeness (QED) is 0.277. The maximum absolute atomic E-state index is 12.5. The summed E-state index contributed by atoms with van der Waals surface area (Å²) in [7, 11) is 1.44. The summed E-state index contributed by atoms with van der Waals surface area (Å²) >= 11 is 0. The molecule has 31 heavy (non-hydrogen) atoms. The molecular weight excluding hydrogens is 398 g/mol. The molecule has 8 heteroatoms. The summed E-state index contributed by atoms with van der Waals surface area (Å²) in [5, 5.41) is 17.1. The predicted molar refractivity (Wildman–Crippen MR) is 116 cm³/mol. The Labute approximate surface area is 176 Å². The van der Waals surface area contributed by atoms with Crippen LogP contribution in [-0.4, -0.2) is 24.2 Å². The van der Waals surface area contributed by atoms with Crippen LogP contribution in [0.5, 0.6) is 5.75 Å². The number of nitro groups is 1. The Morgan fingerprint density at radius 1 is 1.10 bits per heavy atom. The molecule has 8 nitrogen and oxygen atoms in total. The molecule has 0 saturated heterocycles. The van der Waals surface area contributed by atoms with E-state index in [4.69, 9.17) is 9.15 Å². The Morgan fingerprint density at radius 2 is 1.90 bits per heavy atom. The molecule has 0 fully saturated rings. The van der Waals surface area contributed by atoms with Gasteiger partial charge in [0.2, 0.25) is 0 Å². The lowest BCUT2D eigenvalue weighted by Crippen LogP contribution is -2.17. The summed E-state index contributed by atoms with van der Waals surface area (Å²) in [6.45, 7) is 0. The molecule has 1 N–H and O–H groups in total. The molecule has 0 spiro atoms. The van der Waals surface area contributed by atoms with Crippen molar-refractivity contribution in [2.24, 2.45) is 5.10 Å². The third-order valence-electron chi connectivity index (χ3n) is 4.69. The number of hydrogen-bond donors (Lipinski definition) is 1. The summed E-state index contributed by atoms with van der Waals surface area (Å²) in [6.07, 6.45) is 1.34. The molecule has 1 heterocycles. The van der Waals surface area contributed by atoms with Crippen molar-refractivity contribution < 1.29 is 18.9 Å². The van der Waals surface area contributed by atoms with E-state index in [1.807, 2.05) is 36.4 Å². The van der Waals surface area contributed by atoms with Crippen molar-refractivity contribution in [3.8, 4) is 17.1 Å². The van der Waals surface area contributed by atoms with Gasteiger partial charge in [-0.25, -0.2) is 5.43 Å². The fourth-order valence-corrected chi connectivity index (χ4v) is 3.20. The molecule has 0 radical (unpaired) electrons. The number of furan rings is 1. The lowest BCUT2D eigenvalue weighted by molar-refractivity contribution is -0.384. The van der Waals surface area contributed by atoms with E-state index in [0.29, 0.717) is 28.4 Å². The van der Waals surface area contributed by atoms with E-state index in [9.17, 15) is 14.9 Å². The first-order valence-corrected chi connectivity index (χ1v) is 9.30. The molecule has 0 atom stereocenters. The highest BCUT2D eigenvalue weighted by Crippen LogP contribution is 2.33. The van der Waals surface area contributed by atoms with Gasteiger partial charge in [-0.1, -0.05) is 36.4 Å². The molecule has 0 unspecified atom stereocenters. The highest BCUT2D eigenvalue weighted by Gasteiger charge is 2.19. The lowest BCUT2D eigenvalue weighted by atomic mass is 10.0. The van der Waals surface area contributed by atoms with Crippen LogP contribution in [0.3, 0.4) is 0 Å². The minimum atomic E-state index is -0.501. The zero-order valence-corrected chi connectivity index (χ0v) is 16.4. The second-order valence-corrected chi connectivity index (χ2v) is 6.57. The molecule has 4 rings (SSSR count). The fraction of sp³-hybridized carbons (Fsp3) is 0.0435. The average Bonchev–Trinajstić information content (AvgIpc) is 3.26. The topological polar surface area (TPSA) is 107 Å². The zero-order chi connectivity index (χ0) is 21.8. The monoisotopic (exact) mass is 415 g/mol. The van der Waals surface area contributed by atoms with E-state index in [-0.39, 0.29) is 11.6 Å². The number of nitrogens with one attached hydrogen (secondary N) is 1. The number of ether oxygens (including phenoxy) is 1. The molecule has 0 aliphatic rings. The van der Waals surface area contributed by atoms with Gasteiger partial charge in [0.15, 0.2) is 0 Å². The number of carbonyl (C=O) groups excluding carboxylic acids is 1. The third-order valence-corrected chi connectivity index (χ3v) is 4.69.